The maximum atomic E-state index is 12.1. The molecule has 1 heterocycles. The number of benzene rings is 2. The van der Waals surface area contributed by atoms with Crippen LogP contribution in [-0.4, -0.2) is 6.03 Å². The number of halogens is 1. The number of rotatable bonds is 4. The highest BCUT2D eigenvalue weighted by Gasteiger charge is 2.09. The van der Waals surface area contributed by atoms with Crippen LogP contribution in [0.5, 0.6) is 0 Å². The first-order chi connectivity index (χ1) is 11.2. The number of amides is 2. The number of hydrogen-bond acceptors (Lipinski definition) is 3. The summed E-state index contributed by atoms with van der Waals surface area (Å²) in [5.41, 5.74) is 0.740. The summed E-state index contributed by atoms with van der Waals surface area (Å²) < 4.78 is 5.82. The second-order valence-corrected chi connectivity index (χ2v) is 6.49. The van der Waals surface area contributed by atoms with Crippen molar-refractivity contribution in [2.45, 2.75) is 9.79 Å². The van der Waals surface area contributed by atoms with E-state index in [-0.39, 0.29) is 6.03 Å². The highest BCUT2D eigenvalue weighted by Crippen LogP contribution is 2.33. The smallest absolute Gasteiger partial charge is 0.326 e. The van der Waals surface area contributed by atoms with Crippen LogP contribution >= 0.6 is 27.7 Å². The van der Waals surface area contributed by atoms with Crippen LogP contribution in [0.3, 0.4) is 0 Å². The number of nitrogens with one attached hydrogen (secondary N) is 2. The van der Waals surface area contributed by atoms with E-state index in [1.807, 2.05) is 54.6 Å². The Bertz CT molecular complexity index is 805. The largest absolute Gasteiger partial charge is 0.434 e. The molecule has 0 aliphatic carbocycles. The molecule has 23 heavy (non-hydrogen) atoms. The van der Waals surface area contributed by atoms with Gasteiger partial charge in [0.05, 0.1) is 5.69 Å². The van der Waals surface area contributed by atoms with Gasteiger partial charge in [-0.05, 0) is 46.3 Å². The van der Waals surface area contributed by atoms with Gasteiger partial charge in [0, 0.05) is 15.9 Å². The average Bonchev–Trinajstić information content (AvgIpc) is 2.95. The minimum Gasteiger partial charge on any atom is -0.434 e. The zero-order chi connectivity index (χ0) is 16.1. The fourth-order valence-electron chi connectivity index (χ4n) is 1.92. The van der Waals surface area contributed by atoms with Crippen LogP contribution in [0.1, 0.15) is 0 Å². The van der Waals surface area contributed by atoms with Gasteiger partial charge < -0.3 is 9.73 Å². The minimum atomic E-state index is -0.354. The molecular formula is C17H13BrN2O2S. The molecule has 0 atom stereocenters. The molecule has 4 nitrogen and oxygen atoms in total. The van der Waals surface area contributed by atoms with Gasteiger partial charge in [0.1, 0.15) is 0 Å². The minimum absolute atomic E-state index is 0.354. The predicted molar refractivity (Wildman–Crippen MR) is 96.1 cm³/mol. The van der Waals surface area contributed by atoms with Crippen LogP contribution in [-0.2, 0) is 0 Å². The van der Waals surface area contributed by atoms with Gasteiger partial charge in [-0.3, -0.25) is 5.32 Å². The van der Waals surface area contributed by atoms with Crippen molar-refractivity contribution in [1.29, 1.82) is 0 Å². The van der Waals surface area contributed by atoms with Crippen molar-refractivity contribution >= 4 is 45.3 Å². The summed E-state index contributed by atoms with van der Waals surface area (Å²) in [5, 5.41) is 5.49. The Morgan fingerprint density at radius 1 is 0.913 bits per heavy atom. The molecule has 2 amide bonds. The number of anilines is 2. The first kappa shape index (κ1) is 15.7. The Kier molecular flexibility index (Phi) is 5.05. The maximum absolute atomic E-state index is 12.1. The Hall–Kier alpha value is -2.18. The Morgan fingerprint density at radius 3 is 2.39 bits per heavy atom. The summed E-state index contributed by atoms with van der Waals surface area (Å²) in [6.45, 7) is 0. The van der Waals surface area contributed by atoms with Gasteiger partial charge in [-0.15, -0.1) is 0 Å². The first-order valence-corrected chi connectivity index (χ1v) is 8.47. The zero-order valence-corrected chi connectivity index (χ0v) is 14.4. The Labute approximate surface area is 146 Å². The average molecular weight is 389 g/mol. The lowest BCUT2D eigenvalue weighted by Gasteiger charge is -2.10. The van der Waals surface area contributed by atoms with E-state index in [0.717, 1.165) is 15.5 Å². The van der Waals surface area contributed by atoms with Crippen LogP contribution in [0.15, 0.2) is 85.6 Å². The molecule has 3 rings (SSSR count). The van der Waals surface area contributed by atoms with E-state index in [2.05, 4.69) is 26.6 Å². The van der Waals surface area contributed by atoms with E-state index >= 15 is 0 Å². The summed E-state index contributed by atoms with van der Waals surface area (Å²) >= 11 is 4.79. The molecule has 2 aromatic carbocycles. The van der Waals surface area contributed by atoms with Gasteiger partial charge in [-0.2, -0.15) is 0 Å². The number of carbonyl (C=O) groups excluding carboxylic acids is 1. The van der Waals surface area contributed by atoms with Gasteiger partial charge >= 0.3 is 6.03 Å². The molecule has 6 heteroatoms. The molecular weight excluding hydrogens is 376 g/mol. The maximum Gasteiger partial charge on any atom is 0.326 e. The van der Waals surface area contributed by atoms with Gasteiger partial charge in [0.2, 0.25) is 5.88 Å². The van der Waals surface area contributed by atoms with Crippen LogP contribution in [0.4, 0.5) is 16.4 Å². The third-order valence-corrected chi connectivity index (χ3v) is 4.43. The van der Waals surface area contributed by atoms with Crippen molar-refractivity contribution in [3.63, 3.8) is 0 Å². The normalized spacial score (nSPS) is 10.3. The fraction of sp³-hybridized carbons (Fsp3) is 0. The molecule has 0 saturated heterocycles. The highest BCUT2D eigenvalue weighted by atomic mass is 79.9. The molecule has 0 unspecified atom stereocenters. The zero-order valence-electron chi connectivity index (χ0n) is 12.0. The molecule has 0 radical (unpaired) electrons. The molecule has 0 bridgehead atoms. The summed E-state index contributed by atoms with van der Waals surface area (Å²) in [6, 6.07) is 20.7. The molecule has 116 valence electrons. The van der Waals surface area contributed by atoms with Crippen molar-refractivity contribution in [1.82, 2.24) is 0 Å². The highest BCUT2D eigenvalue weighted by molar-refractivity contribution is 9.10. The number of furan rings is 1. The Balaban J connectivity index is 1.71. The van der Waals surface area contributed by atoms with Crippen molar-refractivity contribution in [3.8, 4) is 0 Å². The molecule has 0 fully saturated rings. The van der Waals surface area contributed by atoms with E-state index in [1.54, 1.807) is 23.9 Å². The number of urea groups is 1. The third-order valence-electron chi connectivity index (χ3n) is 2.92. The summed E-state index contributed by atoms with van der Waals surface area (Å²) in [6.07, 6.45) is 0. The van der Waals surface area contributed by atoms with Crippen LogP contribution in [0.25, 0.3) is 0 Å². The van der Waals surface area contributed by atoms with Crippen LogP contribution in [0, 0.1) is 0 Å². The van der Waals surface area contributed by atoms with Gasteiger partial charge in [0.15, 0.2) is 4.67 Å². The van der Waals surface area contributed by atoms with Gasteiger partial charge in [-0.1, -0.05) is 42.1 Å². The van der Waals surface area contributed by atoms with Crippen molar-refractivity contribution < 1.29 is 9.21 Å². The molecule has 3 aromatic rings. The third kappa shape index (κ3) is 4.40. The topological polar surface area (TPSA) is 54.3 Å². The number of para-hydroxylation sites is 1. The van der Waals surface area contributed by atoms with Crippen LogP contribution in [0.2, 0.25) is 0 Å². The molecule has 0 saturated carbocycles. The SMILES string of the molecule is O=C(Nc1ccc(Br)o1)Nc1ccccc1Sc1ccccc1. The van der Waals surface area contributed by atoms with Crippen molar-refractivity contribution in [3.05, 3.63) is 71.4 Å². The lowest BCUT2D eigenvalue weighted by atomic mass is 10.3. The van der Waals surface area contributed by atoms with E-state index in [4.69, 9.17) is 4.42 Å². The Morgan fingerprint density at radius 2 is 1.65 bits per heavy atom. The first-order valence-electron chi connectivity index (χ1n) is 6.86. The molecule has 0 aliphatic rings. The van der Waals surface area contributed by atoms with Gasteiger partial charge in [-0.25, -0.2) is 4.79 Å². The monoisotopic (exact) mass is 388 g/mol. The lowest BCUT2D eigenvalue weighted by Crippen LogP contribution is -2.19. The van der Waals surface area contributed by atoms with Crippen molar-refractivity contribution in [2.24, 2.45) is 0 Å². The summed E-state index contributed by atoms with van der Waals surface area (Å²) in [4.78, 5) is 14.2. The standard InChI is InChI=1S/C17H13BrN2O2S/c18-15-10-11-16(22-15)20-17(21)19-13-8-4-5-9-14(13)23-12-6-2-1-3-7-12/h1-11H,(H2,19,20,21). The molecule has 0 aliphatic heterocycles. The van der Waals surface area contributed by atoms with Gasteiger partial charge in [0.25, 0.3) is 0 Å². The van der Waals surface area contributed by atoms with E-state index in [1.165, 1.54) is 0 Å². The lowest BCUT2D eigenvalue weighted by molar-refractivity contribution is 0.261. The summed E-state index contributed by atoms with van der Waals surface area (Å²) in [5.74, 6) is 0.377. The predicted octanol–water partition coefficient (Wildman–Crippen LogP) is 5.84. The van der Waals surface area contributed by atoms with E-state index < -0.39 is 0 Å². The van der Waals surface area contributed by atoms with E-state index in [0.29, 0.717) is 10.6 Å². The quantitative estimate of drug-likeness (QED) is 0.590. The fourth-order valence-corrected chi connectivity index (χ4v) is 3.15. The summed E-state index contributed by atoms with van der Waals surface area (Å²) in [7, 11) is 0. The molecule has 2 N–H and O–H groups in total. The van der Waals surface area contributed by atoms with Crippen molar-refractivity contribution in [2.75, 3.05) is 10.6 Å². The van der Waals surface area contributed by atoms with Crippen LogP contribution < -0.4 is 10.6 Å². The second kappa shape index (κ2) is 7.39. The van der Waals surface area contributed by atoms with E-state index in [9.17, 15) is 4.79 Å². The molecule has 1 aromatic heterocycles. The second-order valence-electron chi connectivity index (χ2n) is 4.59. The number of carbonyl (C=O) groups is 1. The molecule has 0 spiro atoms. The number of hydrogen-bond donors (Lipinski definition) is 2.